The Hall–Kier alpha value is -3.26. The average molecular weight is 521 g/mol. The maximum atomic E-state index is 13.5. The molecule has 1 saturated carbocycles. The Bertz CT molecular complexity index is 1170. The molecule has 0 unspecified atom stereocenters. The van der Waals surface area contributed by atoms with E-state index in [0.717, 1.165) is 56.3 Å². The number of anilines is 1. The van der Waals surface area contributed by atoms with E-state index in [0.29, 0.717) is 22.2 Å². The minimum Gasteiger partial charge on any atom is -0.497 e. The second-order valence-corrected chi connectivity index (χ2v) is 10.5. The number of rotatable bonds is 11. The number of unbranched alkanes of at least 4 members (excludes halogenated alkanes) is 1. The fourth-order valence-electron chi connectivity index (χ4n) is 4.75. The maximum Gasteiger partial charge on any atom is 0.254 e. The Morgan fingerprint density at radius 1 is 1.08 bits per heavy atom. The number of benzene rings is 2. The molecular formula is C29H36N4O3S. The third-order valence-corrected chi connectivity index (χ3v) is 7.75. The van der Waals surface area contributed by atoms with Crippen LogP contribution in [0.25, 0.3) is 10.6 Å². The lowest BCUT2D eigenvalue weighted by Gasteiger charge is -2.34. The van der Waals surface area contributed by atoms with Gasteiger partial charge in [0.15, 0.2) is 0 Å². The van der Waals surface area contributed by atoms with Gasteiger partial charge >= 0.3 is 0 Å². The Balaban J connectivity index is 1.39. The van der Waals surface area contributed by atoms with Crippen LogP contribution in [0.1, 0.15) is 74.2 Å². The van der Waals surface area contributed by atoms with E-state index < -0.39 is 0 Å². The molecule has 1 fully saturated rings. The predicted octanol–water partition coefficient (Wildman–Crippen LogP) is 6.36. The lowest BCUT2D eigenvalue weighted by Crippen LogP contribution is -2.43. The van der Waals surface area contributed by atoms with Crippen LogP contribution in [-0.4, -0.2) is 46.6 Å². The number of aromatic nitrogens is 2. The first-order valence-electron chi connectivity index (χ1n) is 13.2. The summed E-state index contributed by atoms with van der Waals surface area (Å²) in [6.07, 6.45) is 8.96. The Morgan fingerprint density at radius 3 is 2.59 bits per heavy atom. The number of nitrogens with zero attached hydrogens (tertiary/aromatic N) is 3. The highest BCUT2D eigenvalue weighted by molar-refractivity contribution is 7.18. The molecule has 1 N–H and O–H groups in total. The van der Waals surface area contributed by atoms with E-state index >= 15 is 0 Å². The zero-order valence-electron chi connectivity index (χ0n) is 21.7. The number of methoxy groups -OCH3 is 1. The zero-order chi connectivity index (χ0) is 26.0. The van der Waals surface area contributed by atoms with Gasteiger partial charge in [-0.3, -0.25) is 9.59 Å². The van der Waals surface area contributed by atoms with Crippen molar-refractivity contribution in [1.82, 2.24) is 15.1 Å². The smallest absolute Gasteiger partial charge is 0.254 e. The molecule has 3 aromatic rings. The summed E-state index contributed by atoms with van der Waals surface area (Å²) in [4.78, 5) is 28.3. The Kier molecular flexibility index (Phi) is 9.65. The summed E-state index contributed by atoms with van der Waals surface area (Å²) in [6, 6.07) is 15.7. The normalized spacial score (nSPS) is 13.8. The van der Waals surface area contributed by atoms with E-state index in [9.17, 15) is 9.59 Å². The Labute approximate surface area is 223 Å². The summed E-state index contributed by atoms with van der Waals surface area (Å²) < 4.78 is 5.28. The SMILES string of the molecule is CCCCc1ccc(C(=O)N(CCC(=O)Nc2nnc(-c3cccc(OC)c3)s2)C2CCCCC2)cc1. The van der Waals surface area contributed by atoms with Gasteiger partial charge in [-0.05, 0) is 55.5 Å². The first-order valence-corrected chi connectivity index (χ1v) is 14.1. The van der Waals surface area contributed by atoms with Crippen molar-refractivity contribution >= 4 is 28.3 Å². The van der Waals surface area contributed by atoms with Gasteiger partial charge in [0.2, 0.25) is 11.0 Å². The number of hydrogen-bond acceptors (Lipinski definition) is 6. The fraction of sp³-hybridized carbons (Fsp3) is 0.448. The van der Waals surface area contributed by atoms with Crippen molar-refractivity contribution in [2.24, 2.45) is 0 Å². The lowest BCUT2D eigenvalue weighted by atomic mass is 9.93. The molecule has 0 saturated heterocycles. The van der Waals surface area contributed by atoms with E-state index in [4.69, 9.17) is 4.74 Å². The molecule has 2 amide bonds. The summed E-state index contributed by atoms with van der Waals surface area (Å²) in [5.74, 6) is 0.580. The van der Waals surface area contributed by atoms with Gasteiger partial charge in [0.05, 0.1) is 7.11 Å². The molecular weight excluding hydrogens is 484 g/mol. The lowest BCUT2D eigenvalue weighted by molar-refractivity contribution is -0.116. The van der Waals surface area contributed by atoms with Crippen LogP contribution in [-0.2, 0) is 11.2 Å². The summed E-state index contributed by atoms with van der Waals surface area (Å²) in [6.45, 7) is 2.56. The average Bonchev–Trinajstić information content (AvgIpc) is 3.41. The van der Waals surface area contributed by atoms with Crippen LogP contribution < -0.4 is 10.1 Å². The maximum absolute atomic E-state index is 13.5. The molecule has 37 heavy (non-hydrogen) atoms. The van der Waals surface area contributed by atoms with E-state index in [1.165, 1.54) is 23.3 Å². The molecule has 1 heterocycles. The monoisotopic (exact) mass is 520 g/mol. The number of carbonyl (C=O) groups is 2. The van der Waals surface area contributed by atoms with Crippen molar-refractivity contribution in [3.63, 3.8) is 0 Å². The fourth-order valence-corrected chi connectivity index (χ4v) is 5.51. The van der Waals surface area contributed by atoms with Gasteiger partial charge in [0.1, 0.15) is 10.8 Å². The second-order valence-electron chi connectivity index (χ2n) is 9.53. The molecule has 8 heteroatoms. The number of carbonyl (C=O) groups excluding carboxylic acids is 2. The summed E-state index contributed by atoms with van der Waals surface area (Å²) >= 11 is 1.32. The van der Waals surface area contributed by atoms with Crippen LogP contribution in [0.2, 0.25) is 0 Å². The van der Waals surface area contributed by atoms with Crippen LogP contribution in [0.15, 0.2) is 48.5 Å². The van der Waals surface area contributed by atoms with Gasteiger partial charge < -0.3 is 15.0 Å². The van der Waals surface area contributed by atoms with E-state index in [1.54, 1.807) is 7.11 Å². The minimum atomic E-state index is -0.170. The third-order valence-electron chi connectivity index (χ3n) is 6.86. The molecule has 1 aromatic heterocycles. The number of amides is 2. The van der Waals surface area contributed by atoms with Crippen LogP contribution in [0.4, 0.5) is 5.13 Å². The number of nitrogens with one attached hydrogen (secondary N) is 1. The summed E-state index contributed by atoms with van der Waals surface area (Å²) in [5, 5.41) is 12.4. The molecule has 1 aliphatic rings. The first-order chi connectivity index (χ1) is 18.1. The largest absolute Gasteiger partial charge is 0.497 e. The molecule has 0 atom stereocenters. The van der Waals surface area contributed by atoms with Crippen molar-refractivity contribution in [3.05, 3.63) is 59.7 Å². The van der Waals surface area contributed by atoms with Gasteiger partial charge in [0.25, 0.3) is 5.91 Å². The van der Waals surface area contributed by atoms with Gasteiger partial charge in [0, 0.05) is 30.1 Å². The highest BCUT2D eigenvalue weighted by Crippen LogP contribution is 2.29. The highest BCUT2D eigenvalue weighted by atomic mass is 32.1. The quantitative estimate of drug-likeness (QED) is 0.318. The topological polar surface area (TPSA) is 84.4 Å². The van der Waals surface area contributed by atoms with Crippen molar-refractivity contribution in [1.29, 1.82) is 0 Å². The van der Waals surface area contributed by atoms with Crippen LogP contribution in [0, 0.1) is 0 Å². The molecule has 0 bridgehead atoms. The predicted molar refractivity (Wildman–Crippen MR) is 148 cm³/mol. The van der Waals surface area contributed by atoms with Crippen molar-refractivity contribution in [2.45, 2.75) is 70.8 Å². The first kappa shape index (κ1) is 26.8. The van der Waals surface area contributed by atoms with Crippen molar-refractivity contribution < 1.29 is 14.3 Å². The number of ether oxygens (including phenoxy) is 1. The van der Waals surface area contributed by atoms with E-state index in [2.05, 4.69) is 34.6 Å². The highest BCUT2D eigenvalue weighted by Gasteiger charge is 2.27. The summed E-state index contributed by atoms with van der Waals surface area (Å²) in [5.41, 5.74) is 2.83. The van der Waals surface area contributed by atoms with E-state index in [1.807, 2.05) is 41.3 Å². The minimum absolute atomic E-state index is 0.0120. The molecule has 7 nitrogen and oxygen atoms in total. The third kappa shape index (κ3) is 7.38. The van der Waals surface area contributed by atoms with Gasteiger partial charge in [-0.25, -0.2) is 0 Å². The van der Waals surface area contributed by atoms with Gasteiger partial charge in [-0.2, -0.15) is 0 Å². The van der Waals surface area contributed by atoms with E-state index in [-0.39, 0.29) is 24.3 Å². The standard InChI is InChI=1S/C29H36N4O3S/c1-3-4-9-21-14-16-22(17-15-21)28(35)33(24-11-6-5-7-12-24)19-18-26(34)30-29-32-31-27(37-29)23-10-8-13-25(20-23)36-2/h8,10,13-17,20,24H,3-7,9,11-12,18-19H2,1-2H3,(H,30,32,34). The number of hydrogen-bond donors (Lipinski definition) is 1. The Morgan fingerprint density at radius 2 is 1.86 bits per heavy atom. The second kappa shape index (κ2) is 13.3. The molecule has 0 aliphatic heterocycles. The van der Waals surface area contributed by atoms with Gasteiger partial charge in [-0.15, -0.1) is 10.2 Å². The van der Waals surface area contributed by atoms with Crippen LogP contribution in [0.5, 0.6) is 5.75 Å². The van der Waals surface area contributed by atoms with Crippen molar-refractivity contribution in [2.75, 3.05) is 19.0 Å². The molecule has 196 valence electrons. The van der Waals surface area contributed by atoms with Crippen molar-refractivity contribution in [3.8, 4) is 16.3 Å². The zero-order valence-corrected chi connectivity index (χ0v) is 22.6. The molecule has 0 spiro atoms. The van der Waals surface area contributed by atoms with Crippen LogP contribution in [0.3, 0.4) is 0 Å². The molecule has 0 radical (unpaired) electrons. The van der Waals surface area contributed by atoms with Crippen LogP contribution >= 0.6 is 11.3 Å². The molecule has 4 rings (SSSR count). The summed E-state index contributed by atoms with van der Waals surface area (Å²) in [7, 11) is 1.62. The number of aryl methyl sites for hydroxylation is 1. The van der Waals surface area contributed by atoms with Gasteiger partial charge in [-0.1, -0.05) is 68.2 Å². The molecule has 1 aliphatic carbocycles. The molecule has 2 aromatic carbocycles.